The monoisotopic (exact) mass is 221 g/mol. The van der Waals surface area contributed by atoms with E-state index in [0.29, 0.717) is 6.04 Å². The van der Waals surface area contributed by atoms with Crippen LogP contribution in [-0.2, 0) is 6.54 Å². The van der Waals surface area contributed by atoms with Gasteiger partial charge in [-0.1, -0.05) is 25.7 Å². The topological polar surface area (TPSA) is 29.9 Å². The van der Waals surface area contributed by atoms with E-state index < -0.39 is 0 Å². The predicted octanol–water partition coefficient (Wildman–Crippen LogP) is 2.44. The molecule has 3 nitrogen and oxygen atoms in total. The van der Waals surface area contributed by atoms with Crippen LogP contribution in [0, 0.1) is 5.92 Å². The number of hydrogen-bond acceptors (Lipinski definition) is 2. The fourth-order valence-corrected chi connectivity index (χ4v) is 2.69. The largest absolute Gasteiger partial charge is 0.312 e. The molecule has 0 spiro atoms. The second kappa shape index (κ2) is 6.04. The summed E-state index contributed by atoms with van der Waals surface area (Å²) in [6.07, 6.45) is 11.0. The SMILES string of the molecule is CC(CC1CCCC1)NCCn1cccn1. The maximum Gasteiger partial charge on any atom is 0.0534 e. The van der Waals surface area contributed by atoms with Gasteiger partial charge in [-0.25, -0.2) is 0 Å². The van der Waals surface area contributed by atoms with Crippen LogP contribution < -0.4 is 5.32 Å². The molecule has 1 unspecified atom stereocenters. The maximum atomic E-state index is 4.19. The molecule has 0 saturated heterocycles. The van der Waals surface area contributed by atoms with Crippen LogP contribution in [-0.4, -0.2) is 22.4 Å². The minimum absolute atomic E-state index is 0.652. The van der Waals surface area contributed by atoms with E-state index in [2.05, 4.69) is 17.3 Å². The molecule has 3 heteroatoms. The van der Waals surface area contributed by atoms with Gasteiger partial charge in [0.25, 0.3) is 0 Å². The molecule has 0 bridgehead atoms. The molecule has 1 aliphatic carbocycles. The zero-order valence-electron chi connectivity index (χ0n) is 10.2. The number of aromatic nitrogens is 2. The van der Waals surface area contributed by atoms with E-state index in [0.717, 1.165) is 19.0 Å². The molecule has 0 aromatic carbocycles. The first-order valence-corrected chi connectivity index (χ1v) is 6.55. The summed E-state index contributed by atoms with van der Waals surface area (Å²) in [4.78, 5) is 0. The Hall–Kier alpha value is -0.830. The number of nitrogens with one attached hydrogen (secondary N) is 1. The first-order chi connectivity index (χ1) is 7.84. The van der Waals surface area contributed by atoms with Crippen LogP contribution in [0.1, 0.15) is 39.0 Å². The van der Waals surface area contributed by atoms with Gasteiger partial charge >= 0.3 is 0 Å². The molecular weight excluding hydrogens is 198 g/mol. The molecule has 2 rings (SSSR count). The molecule has 1 atom stereocenters. The minimum Gasteiger partial charge on any atom is -0.312 e. The molecule has 0 radical (unpaired) electrons. The predicted molar refractivity (Wildman–Crippen MR) is 66.3 cm³/mol. The summed E-state index contributed by atoms with van der Waals surface area (Å²) >= 11 is 0. The van der Waals surface area contributed by atoms with Crippen molar-refractivity contribution in [3.05, 3.63) is 18.5 Å². The molecule has 1 aromatic rings. The van der Waals surface area contributed by atoms with Gasteiger partial charge in [-0.3, -0.25) is 4.68 Å². The van der Waals surface area contributed by atoms with Gasteiger partial charge in [-0.2, -0.15) is 5.10 Å². The van der Waals surface area contributed by atoms with Crippen LogP contribution in [0.2, 0.25) is 0 Å². The normalized spacial score (nSPS) is 19.1. The molecule has 16 heavy (non-hydrogen) atoms. The zero-order chi connectivity index (χ0) is 11.2. The summed E-state index contributed by atoms with van der Waals surface area (Å²) in [5, 5.41) is 7.78. The summed E-state index contributed by atoms with van der Waals surface area (Å²) < 4.78 is 1.98. The summed E-state index contributed by atoms with van der Waals surface area (Å²) in [5.41, 5.74) is 0. The summed E-state index contributed by atoms with van der Waals surface area (Å²) in [5.74, 6) is 0.979. The maximum absolute atomic E-state index is 4.19. The lowest BCUT2D eigenvalue weighted by Crippen LogP contribution is -2.30. The Bertz CT molecular complexity index is 275. The summed E-state index contributed by atoms with van der Waals surface area (Å²) in [6, 6.07) is 2.63. The quantitative estimate of drug-likeness (QED) is 0.799. The van der Waals surface area contributed by atoms with E-state index in [9.17, 15) is 0 Å². The smallest absolute Gasteiger partial charge is 0.0534 e. The minimum atomic E-state index is 0.652. The first kappa shape index (κ1) is 11.6. The Morgan fingerprint density at radius 1 is 1.44 bits per heavy atom. The summed E-state index contributed by atoms with van der Waals surface area (Å²) in [6.45, 7) is 4.30. The van der Waals surface area contributed by atoms with Crippen molar-refractivity contribution in [1.82, 2.24) is 15.1 Å². The highest BCUT2D eigenvalue weighted by Gasteiger charge is 2.17. The van der Waals surface area contributed by atoms with Crippen LogP contribution in [0.15, 0.2) is 18.5 Å². The lowest BCUT2D eigenvalue weighted by atomic mass is 9.99. The molecule has 1 saturated carbocycles. The van der Waals surface area contributed by atoms with Crippen molar-refractivity contribution in [2.75, 3.05) is 6.54 Å². The van der Waals surface area contributed by atoms with Crippen LogP contribution >= 0.6 is 0 Å². The Balaban J connectivity index is 1.58. The van der Waals surface area contributed by atoms with Gasteiger partial charge in [0, 0.05) is 25.0 Å². The van der Waals surface area contributed by atoms with Gasteiger partial charge in [0.2, 0.25) is 0 Å². The van der Waals surface area contributed by atoms with Crippen molar-refractivity contribution >= 4 is 0 Å². The highest BCUT2D eigenvalue weighted by atomic mass is 15.3. The van der Waals surface area contributed by atoms with E-state index >= 15 is 0 Å². The van der Waals surface area contributed by atoms with Crippen molar-refractivity contribution in [2.45, 2.75) is 51.6 Å². The fourth-order valence-electron chi connectivity index (χ4n) is 2.69. The molecule has 1 fully saturated rings. The highest BCUT2D eigenvalue weighted by molar-refractivity contribution is 4.78. The summed E-state index contributed by atoms with van der Waals surface area (Å²) in [7, 11) is 0. The van der Waals surface area contributed by atoms with Crippen molar-refractivity contribution in [1.29, 1.82) is 0 Å². The van der Waals surface area contributed by atoms with E-state index in [-0.39, 0.29) is 0 Å². The van der Waals surface area contributed by atoms with Crippen LogP contribution in [0.3, 0.4) is 0 Å². The lowest BCUT2D eigenvalue weighted by Gasteiger charge is -2.17. The van der Waals surface area contributed by atoms with Crippen molar-refractivity contribution in [3.8, 4) is 0 Å². The average Bonchev–Trinajstić information content (AvgIpc) is 2.90. The molecule has 0 aliphatic heterocycles. The van der Waals surface area contributed by atoms with E-state index in [1.165, 1.54) is 32.1 Å². The molecule has 1 N–H and O–H groups in total. The van der Waals surface area contributed by atoms with Crippen molar-refractivity contribution in [3.63, 3.8) is 0 Å². The molecule has 1 aliphatic rings. The van der Waals surface area contributed by atoms with E-state index in [1.54, 1.807) is 0 Å². The molecule has 0 amide bonds. The molecule has 1 heterocycles. The van der Waals surface area contributed by atoms with Gasteiger partial charge in [0.05, 0.1) is 6.54 Å². The van der Waals surface area contributed by atoms with Gasteiger partial charge in [0.15, 0.2) is 0 Å². The lowest BCUT2D eigenvalue weighted by molar-refractivity contribution is 0.395. The van der Waals surface area contributed by atoms with Crippen LogP contribution in [0.4, 0.5) is 0 Å². The van der Waals surface area contributed by atoms with Crippen molar-refractivity contribution in [2.24, 2.45) is 5.92 Å². The third-order valence-electron chi connectivity index (χ3n) is 3.55. The van der Waals surface area contributed by atoms with Gasteiger partial charge in [-0.05, 0) is 25.3 Å². The van der Waals surface area contributed by atoms with Gasteiger partial charge in [0.1, 0.15) is 0 Å². The fraction of sp³-hybridized carbons (Fsp3) is 0.769. The average molecular weight is 221 g/mol. The highest BCUT2D eigenvalue weighted by Crippen LogP contribution is 2.28. The zero-order valence-corrected chi connectivity index (χ0v) is 10.2. The third kappa shape index (κ3) is 3.63. The molecule has 90 valence electrons. The Morgan fingerprint density at radius 3 is 2.94 bits per heavy atom. The van der Waals surface area contributed by atoms with Gasteiger partial charge in [-0.15, -0.1) is 0 Å². The molecule has 1 aromatic heterocycles. The van der Waals surface area contributed by atoms with Gasteiger partial charge < -0.3 is 5.32 Å². The second-order valence-corrected chi connectivity index (χ2v) is 5.01. The Kier molecular flexibility index (Phi) is 4.40. The second-order valence-electron chi connectivity index (χ2n) is 5.01. The van der Waals surface area contributed by atoms with Crippen molar-refractivity contribution < 1.29 is 0 Å². The number of nitrogens with zero attached hydrogens (tertiary/aromatic N) is 2. The number of hydrogen-bond donors (Lipinski definition) is 1. The van der Waals surface area contributed by atoms with E-state index in [1.807, 2.05) is 23.1 Å². The molecular formula is C13H23N3. The standard InChI is InChI=1S/C13H23N3/c1-12(11-13-5-2-3-6-13)14-8-10-16-9-4-7-15-16/h4,7,9,12-14H,2-3,5-6,8,10-11H2,1H3. The Morgan fingerprint density at radius 2 is 2.25 bits per heavy atom. The third-order valence-corrected chi connectivity index (χ3v) is 3.55. The van der Waals surface area contributed by atoms with Crippen LogP contribution in [0.25, 0.3) is 0 Å². The van der Waals surface area contributed by atoms with Crippen LogP contribution in [0.5, 0.6) is 0 Å². The number of rotatable bonds is 6. The Labute approximate surface area is 98.2 Å². The van der Waals surface area contributed by atoms with E-state index in [4.69, 9.17) is 0 Å². The first-order valence-electron chi connectivity index (χ1n) is 6.55.